The highest BCUT2D eigenvalue weighted by molar-refractivity contribution is 7.20. The smallest absolute Gasteiger partial charge is 0.180 e. The summed E-state index contributed by atoms with van der Waals surface area (Å²) in [6.07, 6.45) is 0. The largest absolute Gasteiger partial charge is 0.309 e. The second kappa shape index (κ2) is 15.2. The Morgan fingerprint density at radius 2 is 0.762 bits per heavy atom. The van der Waals surface area contributed by atoms with Gasteiger partial charge in [0.1, 0.15) is 0 Å². The van der Waals surface area contributed by atoms with Crippen LogP contribution in [0.25, 0.3) is 77.2 Å². The maximum atomic E-state index is 2.55. The van der Waals surface area contributed by atoms with Gasteiger partial charge in [-0.3, -0.25) is 0 Å². The van der Waals surface area contributed by atoms with Crippen molar-refractivity contribution in [2.24, 2.45) is 0 Å². The molecule has 0 aliphatic rings. The van der Waals surface area contributed by atoms with Crippen molar-refractivity contribution in [3.63, 3.8) is 0 Å². The predicted molar refractivity (Wildman–Crippen MR) is 270 cm³/mol. The van der Waals surface area contributed by atoms with Gasteiger partial charge in [0.25, 0.3) is 0 Å². The van der Waals surface area contributed by atoms with Crippen LogP contribution in [-0.2, 0) is 0 Å². The van der Waals surface area contributed by atoms with E-state index in [1.165, 1.54) is 86.6 Å². The zero-order chi connectivity index (χ0) is 41.7. The molecule has 2 heterocycles. The Morgan fingerprint density at radius 1 is 0.286 bits per heavy atom. The number of hydrogen-bond donors (Lipinski definition) is 0. The fourth-order valence-electron chi connectivity index (χ4n) is 10.4. The maximum Gasteiger partial charge on any atom is 0.180 e. The van der Waals surface area contributed by atoms with Gasteiger partial charge in [-0.15, -0.1) is 0 Å². The molecule has 0 radical (unpaired) electrons. The Hall–Kier alpha value is -7.98. The third-order valence-electron chi connectivity index (χ3n) is 13.1. The molecule has 0 spiro atoms. The fourth-order valence-corrected chi connectivity index (χ4v) is 15.4. The Bertz CT molecular complexity index is 3480. The van der Waals surface area contributed by atoms with Crippen molar-refractivity contribution in [2.45, 2.75) is 0 Å². The molecule has 63 heavy (non-hydrogen) atoms. The van der Waals surface area contributed by atoms with Gasteiger partial charge in [-0.05, 0) is 73.8 Å². The number of nitrogens with zero attached hydrogens (tertiary/aromatic N) is 2. The Kier molecular flexibility index (Phi) is 8.87. The second-order valence-electron chi connectivity index (χ2n) is 16.4. The standard InChI is InChI=1S/C60H42N2Si/c1-6-20-43(21-7-1)44-36-38-46(39-37-44)61-55-33-17-16-30-52(55)53-41-40-47(42-57(53)61)62-56-34-19-35-58(59(56)54-32-18-31-51(60(54)62)45-22-8-2-9-23-45)63(48-24-10-3-11-25-48,49-26-12-4-13-27-49)50-28-14-5-15-29-50/h1-42H. The number of fused-ring (bicyclic) bond motifs is 6. The molecule has 0 aliphatic carbocycles. The van der Waals surface area contributed by atoms with Crippen molar-refractivity contribution in [2.75, 3.05) is 0 Å². The topological polar surface area (TPSA) is 9.86 Å². The van der Waals surface area contributed by atoms with E-state index < -0.39 is 8.07 Å². The summed E-state index contributed by atoms with van der Waals surface area (Å²) in [6, 6.07) is 94.3. The van der Waals surface area contributed by atoms with Crippen LogP contribution < -0.4 is 20.7 Å². The van der Waals surface area contributed by atoms with Crippen LogP contribution in [0, 0.1) is 0 Å². The van der Waals surface area contributed by atoms with E-state index in [-0.39, 0.29) is 0 Å². The third-order valence-corrected chi connectivity index (χ3v) is 17.9. The molecule has 3 heteroatoms. The minimum atomic E-state index is -2.93. The summed E-state index contributed by atoms with van der Waals surface area (Å²) in [5, 5.41) is 10.5. The zero-order valence-corrected chi connectivity index (χ0v) is 35.6. The van der Waals surface area contributed by atoms with E-state index in [0.29, 0.717) is 0 Å². The van der Waals surface area contributed by atoms with E-state index in [9.17, 15) is 0 Å². The highest BCUT2D eigenvalue weighted by atomic mass is 28.3. The van der Waals surface area contributed by atoms with E-state index in [2.05, 4.69) is 264 Å². The molecule has 0 bridgehead atoms. The van der Waals surface area contributed by atoms with Crippen molar-refractivity contribution < 1.29 is 0 Å². The molecule has 10 aromatic carbocycles. The molecule has 0 amide bonds. The molecule has 0 aliphatic heterocycles. The van der Waals surface area contributed by atoms with Crippen molar-refractivity contribution in [1.29, 1.82) is 0 Å². The first-order chi connectivity index (χ1) is 31.3. The number of rotatable bonds is 8. The minimum Gasteiger partial charge on any atom is -0.309 e. The van der Waals surface area contributed by atoms with Gasteiger partial charge in [0.15, 0.2) is 8.07 Å². The van der Waals surface area contributed by atoms with Crippen molar-refractivity contribution in [3.8, 4) is 33.6 Å². The third kappa shape index (κ3) is 5.85. The van der Waals surface area contributed by atoms with Crippen LogP contribution in [0.2, 0.25) is 0 Å². The van der Waals surface area contributed by atoms with Gasteiger partial charge in [-0.2, -0.15) is 0 Å². The van der Waals surface area contributed by atoms with E-state index in [1.54, 1.807) is 0 Å². The number of aromatic nitrogens is 2. The summed E-state index contributed by atoms with van der Waals surface area (Å²) in [5.41, 5.74) is 11.8. The molecule has 0 saturated heterocycles. The molecule has 296 valence electrons. The second-order valence-corrected chi connectivity index (χ2v) is 20.2. The van der Waals surface area contributed by atoms with E-state index in [4.69, 9.17) is 0 Å². The first-order valence-electron chi connectivity index (χ1n) is 21.8. The Labute approximate surface area is 368 Å². The number of para-hydroxylation sites is 2. The molecular formula is C60H42N2Si. The molecule has 12 rings (SSSR count). The van der Waals surface area contributed by atoms with Crippen molar-refractivity contribution in [3.05, 3.63) is 255 Å². The van der Waals surface area contributed by atoms with Crippen LogP contribution in [0.4, 0.5) is 0 Å². The highest BCUT2D eigenvalue weighted by Gasteiger charge is 2.43. The summed E-state index contributed by atoms with van der Waals surface area (Å²) in [5.74, 6) is 0. The minimum absolute atomic E-state index is 1.12. The van der Waals surface area contributed by atoms with Crippen molar-refractivity contribution in [1.82, 2.24) is 9.13 Å². The SMILES string of the molecule is c1ccc(-c2ccc(-n3c4ccccc4c4ccc(-n5c6cccc([Si](c7ccccc7)(c7ccccc7)c7ccccc7)c6c6cccc(-c7ccccc7)c65)cc43)cc2)cc1. The first-order valence-corrected chi connectivity index (χ1v) is 23.8. The molecule has 0 saturated carbocycles. The van der Waals surface area contributed by atoms with Crippen LogP contribution in [0.15, 0.2) is 255 Å². The monoisotopic (exact) mass is 818 g/mol. The fraction of sp³-hybridized carbons (Fsp3) is 0. The van der Waals surface area contributed by atoms with Gasteiger partial charge in [0.05, 0.1) is 22.1 Å². The molecular weight excluding hydrogens is 777 g/mol. The van der Waals surface area contributed by atoms with E-state index in [1.807, 2.05) is 0 Å². The molecule has 2 nitrogen and oxygen atoms in total. The summed E-state index contributed by atoms with van der Waals surface area (Å²) >= 11 is 0. The lowest BCUT2D eigenvalue weighted by atomic mass is 10.0. The normalized spacial score (nSPS) is 11.8. The van der Waals surface area contributed by atoms with Crippen molar-refractivity contribution >= 4 is 72.4 Å². The van der Waals surface area contributed by atoms with Crippen LogP contribution in [-0.4, -0.2) is 17.2 Å². The summed E-state index contributed by atoms with van der Waals surface area (Å²) < 4.78 is 5.00. The summed E-state index contributed by atoms with van der Waals surface area (Å²) in [6.45, 7) is 0. The van der Waals surface area contributed by atoms with Crippen LogP contribution in [0.3, 0.4) is 0 Å². The summed E-state index contributed by atoms with van der Waals surface area (Å²) in [4.78, 5) is 0. The van der Waals surface area contributed by atoms with Gasteiger partial charge in [0, 0.05) is 38.5 Å². The first kappa shape index (κ1) is 36.8. The average Bonchev–Trinajstić information content (AvgIpc) is 3.89. The lowest BCUT2D eigenvalue weighted by Crippen LogP contribution is -2.74. The molecule has 0 atom stereocenters. The van der Waals surface area contributed by atoms with Gasteiger partial charge in [0.2, 0.25) is 0 Å². The van der Waals surface area contributed by atoms with Crippen LogP contribution >= 0.6 is 0 Å². The average molecular weight is 819 g/mol. The Morgan fingerprint density at radius 3 is 1.40 bits per heavy atom. The van der Waals surface area contributed by atoms with Gasteiger partial charge < -0.3 is 9.13 Å². The maximum absolute atomic E-state index is 2.93. The van der Waals surface area contributed by atoms with E-state index in [0.717, 1.165) is 11.4 Å². The molecule has 2 aromatic heterocycles. The molecule has 0 N–H and O–H groups in total. The summed E-state index contributed by atoms with van der Waals surface area (Å²) in [7, 11) is -2.93. The molecule has 0 unspecified atom stereocenters. The zero-order valence-electron chi connectivity index (χ0n) is 34.6. The highest BCUT2D eigenvalue weighted by Crippen LogP contribution is 2.40. The number of hydrogen-bond acceptors (Lipinski definition) is 0. The van der Waals surface area contributed by atoms with Gasteiger partial charge in [-0.1, -0.05) is 218 Å². The molecule has 12 aromatic rings. The van der Waals surface area contributed by atoms with Crippen LogP contribution in [0.5, 0.6) is 0 Å². The quantitative estimate of drug-likeness (QED) is 0.107. The molecule has 0 fully saturated rings. The van der Waals surface area contributed by atoms with Gasteiger partial charge in [-0.25, -0.2) is 0 Å². The lowest BCUT2D eigenvalue weighted by Gasteiger charge is -2.35. The Balaban J connectivity index is 1.19. The van der Waals surface area contributed by atoms with Crippen LogP contribution in [0.1, 0.15) is 0 Å². The number of benzene rings is 10. The predicted octanol–water partition coefficient (Wildman–Crippen LogP) is 12.6. The lowest BCUT2D eigenvalue weighted by molar-refractivity contribution is 1.15. The van der Waals surface area contributed by atoms with E-state index >= 15 is 0 Å². The van der Waals surface area contributed by atoms with Gasteiger partial charge >= 0.3 is 0 Å².